The molecule has 2 rings (SSSR count). The molecule has 0 aliphatic carbocycles. The standard InChI is InChI=1S/C22H26O/c1-19(23)11-9-10-16-22(2,17-20-12-5-3-6-13-20)18-21-14-7-4-8-15-21/h3-16,19,23H,17-18H2,1-2H3/b11-9+,16-10+. The smallest absolute Gasteiger partial charge is 0.0695 e. The Morgan fingerprint density at radius 2 is 1.35 bits per heavy atom. The van der Waals surface area contributed by atoms with Gasteiger partial charge in [0.1, 0.15) is 0 Å². The van der Waals surface area contributed by atoms with Crippen molar-refractivity contribution in [1.82, 2.24) is 0 Å². The maximum atomic E-state index is 9.33. The number of aliphatic hydroxyl groups is 1. The van der Waals surface area contributed by atoms with E-state index in [1.165, 1.54) is 11.1 Å². The predicted molar refractivity (Wildman–Crippen MR) is 98.4 cm³/mol. The first-order valence-corrected chi connectivity index (χ1v) is 8.19. The van der Waals surface area contributed by atoms with Crippen LogP contribution in [0.15, 0.2) is 85.0 Å². The van der Waals surface area contributed by atoms with Gasteiger partial charge in [0.2, 0.25) is 0 Å². The number of aliphatic hydroxyl groups excluding tert-OH is 1. The van der Waals surface area contributed by atoms with Crippen LogP contribution in [-0.2, 0) is 12.8 Å². The lowest BCUT2D eigenvalue weighted by atomic mass is 9.78. The molecule has 1 unspecified atom stereocenters. The zero-order valence-electron chi connectivity index (χ0n) is 14.0. The molecule has 0 aliphatic rings. The minimum Gasteiger partial charge on any atom is -0.389 e. The fourth-order valence-corrected chi connectivity index (χ4v) is 2.82. The van der Waals surface area contributed by atoms with Crippen molar-refractivity contribution in [3.05, 3.63) is 96.1 Å². The van der Waals surface area contributed by atoms with Gasteiger partial charge >= 0.3 is 0 Å². The zero-order chi connectivity index (χ0) is 16.5. The maximum Gasteiger partial charge on any atom is 0.0695 e. The van der Waals surface area contributed by atoms with Gasteiger partial charge in [-0.2, -0.15) is 0 Å². The molecule has 0 aromatic heterocycles. The maximum absolute atomic E-state index is 9.33. The lowest BCUT2D eigenvalue weighted by Gasteiger charge is -2.26. The first-order valence-electron chi connectivity index (χ1n) is 8.19. The van der Waals surface area contributed by atoms with Crippen molar-refractivity contribution in [2.45, 2.75) is 32.8 Å². The molecule has 2 aromatic rings. The van der Waals surface area contributed by atoms with Crippen LogP contribution in [0.1, 0.15) is 25.0 Å². The first-order chi connectivity index (χ1) is 11.1. The summed E-state index contributed by atoms with van der Waals surface area (Å²) < 4.78 is 0. The molecule has 120 valence electrons. The highest BCUT2D eigenvalue weighted by Gasteiger charge is 2.21. The van der Waals surface area contributed by atoms with Crippen LogP contribution in [0.25, 0.3) is 0 Å². The normalized spacial score (nSPS) is 13.7. The van der Waals surface area contributed by atoms with Gasteiger partial charge in [0.25, 0.3) is 0 Å². The SMILES string of the molecule is CC(O)/C=C/C=C/C(C)(Cc1ccccc1)Cc1ccccc1. The molecule has 1 nitrogen and oxygen atoms in total. The number of benzene rings is 2. The van der Waals surface area contributed by atoms with Gasteiger partial charge in [-0.1, -0.05) is 91.9 Å². The van der Waals surface area contributed by atoms with E-state index in [1.807, 2.05) is 6.08 Å². The molecule has 0 fully saturated rings. The topological polar surface area (TPSA) is 20.2 Å². The molecular weight excluding hydrogens is 280 g/mol. The van der Waals surface area contributed by atoms with E-state index in [0.717, 1.165) is 12.8 Å². The molecule has 1 heteroatoms. The van der Waals surface area contributed by atoms with Gasteiger partial charge in [0.15, 0.2) is 0 Å². The molecule has 0 amide bonds. The first kappa shape index (κ1) is 17.2. The van der Waals surface area contributed by atoms with Gasteiger partial charge in [0.05, 0.1) is 6.10 Å². The third-order valence-corrected chi connectivity index (χ3v) is 3.90. The Bertz CT molecular complexity index is 582. The van der Waals surface area contributed by atoms with Crippen molar-refractivity contribution in [3.63, 3.8) is 0 Å². The molecule has 0 radical (unpaired) electrons. The van der Waals surface area contributed by atoms with Gasteiger partial charge in [-0.15, -0.1) is 0 Å². The van der Waals surface area contributed by atoms with E-state index >= 15 is 0 Å². The average molecular weight is 306 g/mol. The Balaban J connectivity index is 2.18. The molecular formula is C22H26O. The summed E-state index contributed by atoms with van der Waals surface area (Å²) in [6.45, 7) is 4.05. The van der Waals surface area contributed by atoms with E-state index in [1.54, 1.807) is 13.0 Å². The number of allylic oxidation sites excluding steroid dienone is 3. The van der Waals surface area contributed by atoms with Crippen LogP contribution in [0.3, 0.4) is 0 Å². The molecule has 0 spiro atoms. The summed E-state index contributed by atoms with van der Waals surface area (Å²) >= 11 is 0. The second-order valence-electron chi connectivity index (χ2n) is 6.46. The largest absolute Gasteiger partial charge is 0.389 e. The van der Waals surface area contributed by atoms with E-state index in [-0.39, 0.29) is 5.41 Å². The Kier molecular flexibility index (Phi) is 6.37. The van der Waals surface area contributed by atoms with E-state index in [9.17, 15) is 5.11 Å². The molecule has 1 N–H and O–H groups in total. The highest BCUT2D eigenvalue weighted by Crippen LogP contribution is 2.29. The van der Waals surface area contributed by atoms with E-state index in [4.69, 9.17) is 0 Å². The van der Waals surface area contributed by atoms with Crippen molar-refractivity contribution in [2.75, 3.05) is 0 Å². The molecule has 0 aliphatic heterocycles. The van der Waals surface area contributed by atoms with Crippen molar-refractivity contribution in [1.29, 1.82) is 0 Å². The van der Waals surface area contributed by atoms with Crippen molar-refractivity contribution >= 4 is 0 Å². The predicted octanol–water partition coefficient (Wildman–Crippen LogP) is 4.97. The van der Waals surface area contributed by atoms with Crippen LogP contribution in [0.2, 0.25) is 0 Å². The van der Waals surface area contributed by atoms with Crippen LogP contribution >= 0.6 is 0 Å². The Hall–Kier alpha value is -2.12. The van der Waals surface area contributed by atoms with E-state index < -0.39 is 6.10 Å². The quantitative estimate of drug-likeness (QED) is 0.716. The lowest BCUT2D eigenvalue weighted by Crippen LogP contribution is -2.20. The second-order valence-corrected chi connectivity index (χ2v) is 6.46. The third kappa shape index (κ3) is 6.25. The highest BCUT2D eigenvalue weighted by atomic mass is 16.3. The van der Waals surface area contributed by atoms with Gasteiger partial charge in [-0.05, 0) is 36.3 Å². The van der Waals surface area contributed by atoms with Gasteiger partial charge in [-0.3, -0.25) is 0 Å². The van der Waals surface area contributed by atoms with Crippen LogP contribution in [0.4, 0.5) is 0 Å². The fourth-order valence-electron chi connectivity index (χ4n) is 2.82. The summed E-state index contributed by atoms with van der Waals surface area (Å²) in [5.41, 5.74) is 2.72. The fraction of sp³-hybridized carbons (Fsp3) is 0.273. The average Bonchev–Trinajstić information content (AvgIpc) is 2.53. The van der Waals surface area contributed by atoms with Gasteiger partial charge in [-0.25, -0.2) is 0 Å². The van der Waals surface area contributed by atoms with Crippen LogP contribution in [-0.4, -0.2) is 11.2 Å². The molecule has 23 heavy (non-hydrogen) atoms. The number of rotatable bonds is 7. The Morgan fingerprint density at radius 3 is 1.78 bits per heavy atom. The Morgan fingerprint density at radius 1 is 0.870 bits per heavy atom. The summed E-state index contributed by atoms with van der Waals surface area (Å²) in [5.74, 6) is 0. The number of hydrogen-bond acceptors (Lipinski definition) is 1. The second kappa shape index (κ2) is 8.50. The van der Waals surface area contributed by atoms with Crippen LogP contribution < -0.4 is 0 Å². The zero-order valence-corrected chi connectivity index (χ0v) is 14.0. The third-order valence-electron chi connectivity index (χ3n) is 3.90. The van der Waals surface area contributed by atoms with Gasteiger partial charge in [0, 0.05) is 0 Å². The Labute approximate surface area is 140 Å². The summed E-state index contributed by atoms with van der Waals surface area (Å²) in [4.78, 5) is 0. The monoisotopic (exact) mass is 306 g/mol. The molecule has 2 aromatic carbocycles. The number of hydrogen-bond donors (Lipinski definition) is 1. The minimum absolute atomic E-state index is 0.0335. The molecule has 1 atom stereocenters. The summed E-state index contributed by atoms with van der Waals surface area (Å²) in [6.07, 6.45) is 9.60. The van der Waals surface area contributed by atoms with Crippen LogP contribution in [0.5, 0.6) is 0 Å². The molecule has 0 saturated carbocycles. The molecule has 0 saturated heterocycles. The van der Waals surface area contributed by atoms with E-state index in [2.05, 4.69) is 79.7 Å². The highest BCUT2D eigenvalue weighted by molar-refractivity contribution is 5.24. The van der Waals surface area contributed by atoms with Gasteiger partial charge < -0.3 is 5.11 Å². The van der Waals surface area contributed by atoms with Crippen LogP contribution in [0, 0.1) is 5.41 Å². The summed E-state index contributed by atoms with van der Waals surface area (Å²) in [5, 5.41) is 9.33. The molecule has 0 bridgehead atoms. The van der Waals surface area contributed by atoms with Crippen molar-refractivity contribution in [2.24, 2.45) is 5.41 Å². The summed E-state index contributed by atoms with van der Waals surface area (Å²) in [6, 6.07) is 21.2. The molecule has 0 heterocycles. The summed E-state index contributed by atoms with van der Waals surface area (Å²) in [7, 11) is 0. The van der Waals surface area contributed by atoms with Crippen molar-refractivity contribution in [3.8, 4) is 0 Å². The lowest BCUT2D eigenvalue weighted by molar-refractivity contribution is 0.244. The van der Waals surface area contributed by atoms with Crippen molar-refractivity contribution < 1.29 is 5.11 Å². The van der Waals surface area contributed by atoms with E-state index in [0.29, 0.717) is 0 Å². The minimum atomic E-state index is -0.408.